The largest absolute Gasteiger partial charge is 0.354 e. The molecule has 0 saturated heterocycles. The predicted octanol–water partition coefficient (Wildman–Crippen LogP) is 5.07. The number of fused-ring (bicyclic) bond motifs is 1. The minimum absolute atomic E-state index is 0.591. The third-order valence-corrected chi connectivity index (χ3v) is 4.06. The van der Waals surface area contributed by atoms with E-state index in [9.17, 15) is 4.79 Å². The van der Waals surface area contributed by atoms with Crippen LogP contribution in [0.1, 0.15) is 25.1 Å². The number of carbonyl (C=O) groups is 1. The molecular formula is C22H24N2O. The maximum atomic E-state index is 11.8. The van der Waals surface area contributed by atoms with Gasteiger partial charge in [0.2, 0.25) is 0 Å². The number of carbonyl (C=O) groups excluding carboxylic acids is 1. The van der Waals surface area contributed by atoms with E-state index < -0.39 is 0 Å². The van der Waals surface area contributed by atoms with Crippen LogP contribution in [0.5, 0.6) is 0 Å². The molecular weight excluding hydrogens is 308 g/mol. The van der Waals surface area contributed by atoms with E-state index in [0.717, 1.165) is 46.2 Å². The highest BCUT2D eigenvalue weighted by molar-refractivity contribution is 6.21. The van der Waals surface area contributed by atoms with Crippen molar-refractivity contribution < 1.29 is 4.79 Å². The minimum Gasteiger partial charge on any atom is -0.354 e. The Morgan fingerprint density at radius 2 is 2.08 bits per heavy atom. The molecule has 0 atom stereocenters. The molecule has 0 fully saturated rings. The van der Waals surface area contributed by atoms with Gasteiger partial charge in [-0.15, -0.1) is 0 Å². The van der Waals surface area contributed by atoms with E-state index in [0.29, 0.717) is 5.57 Å². The van der Waals surface area contributed by atoms with Crippen LogP contribution in [-0.4, -0.2) is 24.0 Å². The van der Waals surface area contributed by atoms with Crippen LogP contribution in [0.3, 0.4) is 0 Å². The average Bonchev–Trinajstić information content (AvgIpc) is 3.01. The summed E-state index contributed by atoms with van der Waals surface area (Å²) >= 11 is 0. The Morgan fingerprint density at radius 1 is 1.32 bits per heavy atom. The molecule has 1 N–H and O–H groups in total. The molecule has 2 rings (SSSR count). The van der Waals surface area contributed by atoms with Gasteiger partial charge < -0.3 is 4.98 Å². The Morgan fingerprint density at radius 3 is 2.68 bits per heavy atom. The molecule has 0 aliphatic carbocycles. The first-order chi connectivity index (χ1) is 12.2. The first-order valence-electron chi connectivity index (χ1n) is 8.39. The molecule has 0 unspecified atom stereocenters. The van der Waals surface area contributed by atoms with E-state index in [-0.39, 0.29) is 0 Å². The van der Waals surface area contributed by atoms with E-state index in [1.807, 2.05) is 49.4 Å². The van der Waals surface area contributed by atoms with E-state index in [2.05, 4.69) is 29.5 Å². The molecule has 128 valence electrons. The summed E-state index contributed by atoms with van der Waals surface area (Å²) in [5, 5.41) is 1.15. The summed E-state index contributed by atoms with van der Waals surface area (Å²) in [4.78, 5) is 19.6. The number of aromatic amines is 1. The molecule has 0 aliphatic rings. The van der Waals surface area contributed by atoms with Crippen molar-refractivity contribution in [1.29, 1.82) is 0 Å². The van der Waals surface area contributed by atoms with Crippen molar-refractivity contribution in [1.82, 2.24) is 4.98 Å². The van der Waals surface area contributed by atoms with Gasteiger partial charge in [-0.3, -0.25) is 9.79 Å². The van der Waals surface area contributed by atoms with Crippen molar-refractivity contribution in [2.45, 2.75) is 20.3 Å². The molecule has 0 radical (unpaired) electrons. The van der Waals surface area contributed by atoms with E-state index in [4.69, 9.17) is 0 Å². The summed E-state index contributed by atoms with van der Waals surface area (Å²) in [5.41, 5.74) is 5.28. The topological polar surface area (TPSA) is 45.2 Å². The summed E-state index contributed by atoms with van der Waals surface area (Å²) in [5.74, 6) is 0. The van der Waals surface area contributed by atoms with Gasteiger partial charge >= 0.3 is 0 Å². The van der Waals surface area contributed by atoms with Gasteiger partial charge in [-0.2, -0.15) is 0 Å². The highest BCUT2D eigenvalue weighted by atomic mass is 16.1. The zero-order chi connectivity index (χ0) is 18.2. The van der Waals surface area contributed by atoms with Gasteiger partial charge in [-0.1, -0.05) is 56.0 Å². The molecule has 1 heterocycles. The maximum Gasteiger partial charge on any atom is 0.152 e. The fourth-order valence-electron chi connectivity index (χ4n) is 2.94. The second-order valence-corrected chi connectivity index (χ2v) is 5.56. The number of benzene rings is 1. The smallest absolute Gasteiger partial charge is 0.152 e. The summed E-state index contributed by atoms with van der Waals surface area (Å²) in [6.45, 7) is 7.79. The number of aliphatic imine (C=N–C) groups is 1. The number of H-pyrrole nitrogens is 1. The molecule has 25 heavy (non-hydrogen) atoms. The Kier molecular flexibility index (Phi) is 6.47. The molecule has 0 aliphatic heterocycles. The summed E-state index contributed by atoms with van der Waals surface area (Å²) in [7, 11) is 1.72. The predicted molar refractivity (Wildman–Crippen MR) is 108 cm³/mol. The Bertz CT molecular complexity index is 892. The fraction of sp³-hybridized carbons (Fsp3) is 0.182. The van der Waals surface area contributed by atoms with Crippen LogP contribution < -0.4 is 0 Å². The van der Waals surface area contributed by atoms with Gasteiger partial charge in [0, 0.05) is 23.5 Å². The standard InChI is InChI=1S/C22H24N2O/c1-5-10-16(11-6-2)21(23-4)14-17(15-25)22-18(7-3)19-12-8-9-13-20(19)24-22/h5-6,8-15,24H,1,7H2,2-4H3/b11-6-,16-10+,17-14+,23-21?. The minimum atomic E-state index is 0.591. The SMILES string of the molecule is C=C/C=C(\C=C/C)C(/C=C(\C=O)c1[nH]c2ccccc2c1CC)=NC. The lowest BCUT2D eigenvalue weighted by molar-refractivity contribution is -0.103. The Hall–Kier alpha value is -2.94. The lowest BCUT2D eigenvalue weighted by atomic mass is 10.0. The van der Waals surface area contributed by atoms with Gasteiger partial charge in [-0.25, -0.2) is 0 Å². The molecule has 0 bridgehead atoms. The third kappa shape index (κ3) is 3.94. The van der Waals surface area contributed by atoms with E-state index in [1.54, 1.807) is 13.1 Å². The number of rotatable bonds is 7. The Balaban J connectivity index is 2.62. The first kappa shape index (κ1) is 18.4. The van der Waals surface area contributed by atoms with Crippen molar-refractivity contribution in [2.24, 2.45) is 4.99 Å². The number of aromatic nitrogens is 1. The molecule has 0 saturated carbocycles. The number of para-hydroxylation sites is 1. The van der Waals surface area contributed by atoms with Gasteiger partial charge in [0.05, 0.1) is 11.4 Å². The van der Waals surface area contributed by atoms with Crippen LogP contribution in [-0.2, 0) is 11.2 Å². The van der Waals surface area contributed by atoms with Crippen molar-refractivity contribution >= 4 is 28.5 Å². The molecule has 0 spiro atoms. The van der Waals surface area contributed by atoms with Crippen molar-refractivity contribution in [3.05, 3.63) is 78.1 Å². The highest BCUT2D eigenvalue weighted by Crippen LogP contribution is 2.27. The van der Waals surface area contributed by atoms with Crippen LogP contribution in [0.4, 0.5) is 0 Å². The van der Waals surface area contributed by atoms with Crippen LogP contribution in [0.15, 0.2) is 71.8 Å². The number of aryl methyl sites for hydroxylation is 1. The van der Waals surface area contributed by atoms with Gasteiger partial charge in [0.1, 0.15) is 0 Å². The van der Waals surface area contributed by atoms with Crippen molar-refractivity contribution in [2.75, 3.05) is 7.05 Å². The van der Waals surface area contributed by atoms with Gasteiger partial charge in [0.15, 0.2) is 6.29 Å². The summed E-state index contributed by atoms with van der Waals surface area (Å²) in [6, 6.07) is 8.11. The lowest BCUT2D eigenvalue weighted by Gasteiger charge is -2.05. The number of nitrogens with zero attached hydrogens (tertiary/aromatic N) is 1. The first-order valence-corrected chi connectivity index (χ1v) is 8.39. The highest BCUT2D eigenvalue weighted by Gasteiger charge is 2.14. The van der Waals surface area contributed by atoms with Crippen LogP contribution in [0.25, 0.3) is 16.5 Å². The zero-order valence-corrected chi connectivity index (χ0v) is 15.0. The molecule has 1 aromatic heterocycles. The Labute approximate surface area is 149 Å². The van der Waals surface area contributed by atoms with Crippen LogP contribution >= 0.6 is 0 Å². The van der Waals surface area contributed by atoms with Gasteiger partial charge in [-0.05, 0) is 36.6 Å². The monoisotopic (exact) mass is 332 g/mol. The van der Waals surface area contributed by atoms with E-state index >= 15 is 0 Å². The summed E-state index contributed by atoms with van der Waals surface area (Å²) < 4.78 is 0. The van der Waals surface area contributed by atoms with Crippen LogP contribution in [0, 0.1) is 0 Å². The van der Waals surface area contributed by atoms with Crippen LogP contribution in [0.2, 0.25) is 0 Å². The second-order valence-electron chi connectivity index (χ2n) is 5.56. The number of hydrogen-bond acceptors (Lipinski definition) is 2. The fourth-order valence-corrected chi connectivity index (χ4v) is 2.94. The number of aldehydes is 1. The number of allylic oxidation sites excluding steroid dienone is 7. The van der Waals surface area contributed by atoms with Gasteiger partial charge in [0.25, 0.3) is 0 Å². The molecule has 1 aromatic carbocycles. The molecule has 0 amide bonds. The normalized spacial score (nSPS) is 13.6. The summed E-state index contributed by atoms with van der Waals surface area (Å²) in [6.07, 6.45) is 11.0. The second kappa shape index (κ2) is 8.78. The number of nitrogens with one attached hydrogen (secondary N) is 1. The molecule has 2 aromatic rings. The number of hydrogen-bond donors (Lipinski definition) is 1. The van der Waals surface area contributed by atoms with E-state index in [1.165, 1.54) is 0 Å². The third-order valence-electron chi connectivity index (χ3n) is 4.06. The van der Waals surface area contributed by atoms with Crippen molar-refractivity contribution in [3.63, 3.8) is 0 Å². The maximum absolute atomic E-state index is 11.8. The molecule has 3 heteroatoms. The molecule has 3 nitrogen and oxygen atoms in total. The zero-order valence-electron chi connectivity index (χ0n) is 15.0. The van der Waals surface area contributed by atoms with Crippen molar-refractivity contribution in [3.8, 4) is 0 Å². The average molecular weight is 332 g/mol. The quantitative estimate of drug-likeness (QED) is 0.327. The lowest BCUT2D eigenvalue weighted by Crippen LogP contribution is -2.01.